The fourth-order valence-electron chi connectivity index (χ4n) is 1.93. The van der Waals surface area contributed by atoms with Gasteiger partial charge in [0.05, 0.1) is 13.2 Å². The number of nitrogens with zero attached hydrogens (tertiary/aromatic N) is 1. The molecule has 4 heteroatoms. The third-order valence-electron chi connectivity index (χ3n) is 2.92. The number of morpholine rings is 1. The number of carbonyl (C=O) groups excluding carboxylic acids is 1. The van der Waals surface area contributed by atoms with Gasteiger partial charge in [-0.25, -0.2) is 0 Å². The summed E-state index contributed by atoms with van der Waals surface area (Å²) in [4.78, 5) is 13.7. The van der Waals surface area contributed by atoms with Crippen LogP contribution in [0.3, 0.4) is 0 Å². The average Bonchev–Trinajstić information content (AvgIpc) is 2.30. The number of hydrogen-bond acceptors (Lipinski definition) is 3. The van der Waals surface area contributed by atoms with Crippen LogP contribution in [-0.2, 0) is 9.53 Å². The molecule has 1 unspecified atom stereocenters. The highest BCUT2D eigenvalue weighted by Crippen LogP contribution is 2.00. The van der Waals surface area contributed by atoms with Crippen molar-refractivity contribution in [3.63, 3.8) is 0 Å². The van der Waals surface area contributed by atoms with Gasteiger partial charge in [0.1, 0.15) is 0 Å². The van der Waals surface area contributed by atoms with Gasteiger partial charge in [-0.3, -0.25) is 4.79 Å². The van der Waals surface area contributed by atoms with Crippen LogP contribution in [0.1, 0.15) is 33.1 Å². The lowest BCUT2D eigenvalue weighted by molar-refractivity contribution is -0.135. The molecule has 0 radical (unpaired) electrons. The molecular weight excluding hydrogens is 204 g/mol. The normalized spacial score (nSPS) is 18.5. The fourth-order valence-corrected chi connectivity index (χ4v) is 1.93. The van der Waals surface area contributed by atoms with Gasteiger partial charge in [-0.15, -0.1) is 0 Å². The molecule has 1 fully saturated rings. The predicted octanol–water partition coefficient (Wildman–Crippen LogP) is 1.01. The minimum Gasteiger partial charge on any atom is -0.378 e. The topological polar surface area (TPSA) is 41.6 Å². The van der Waals surface area contributed by atoms with Crippen LogP contribution in [0.25, 0.3) is 0 Å². The van der Waals surface area contributed by atoms with Gasteiger partial charge in [0.25, 0.3) is 0 Å². The van der Waals surface area contributed by atoms with E-state index in [1.165, 1.54) is 12.8 Å². The van der Waals surface area contributed by atoms with E-state index in [1.54, 1.807) is 0 Å². The molecule has 0 aromatic carbocycles. The van der Waals surface area contributed by atoms with Crippen molar-refractivity contribution in [2.75, 3.05) is 32.8 Å². The largest absolute Gasteiger partial charge is 0.378 e. The third kappa shape index (κ3) is 4.94. The maximum atomic E-state index is 11.8. The summed E-state index contributed by atoms with van der Waals surface area (Å²) < 4.78 is 5.21. The van der Waals surface area contributed by atoms with Gasteiger partial charge in [-0.2, -0.15) is 0 Å². The van der Waals surface area contributed by atoms with Gasteiger partial charge in [0, 0.05) is 32.1 Å². The summed E-state index contributed by atoms with van der Waals surface area (Å²) in [7, 11) is 0. The average molecular weight is 228 g/mol. The summed E-state index contributed by atoms with van der Waals surface area (Å²) in [5, 5.41) is 3.37. The van der Waals surface area contributed by atoms with E-state index in [4.69, 9.17) is 4.74 Å². The first-order chi connectivity index (χ1) is 7.74. The van der Waals surface area contributed by atoms with Crippen molar-refractivity contribution in [1.29, 1.82) is 0 Å². The summed E-state index contributed by atoms with van der Waals surface area (Å²) in [6, 6.07) is 0.516. The van der Waals surface area contributed by atoms with Crippen LogP contribution in [0.4, 0.5) is 0 Å². The zero-order valence-corrected chi connectivity index (χ0v) is 10.5. The van der Waals surface area contributed by atoms with Crippen LogP contribution >= 0.6 is 0 Å². The van der Waals surface area contributed by atoms with Gasteiger partial charge < -0.3 is 15.0 Å². The Morgan fingerprint density at radius 1 is 1.44 bits per heavy atom. The fraction of sp³-hybridized carbons (Fsp3) is 0.917. The highest BCUT2D eigenvalue weighted by molar-refractivity contribution is 5.76. The molecule has 1 saturated heterocycles. The first-order valence-corrected chi connectivity index (χ1v) is 6.33. The van der Waals surface area contributed by atoms with Crippen LogP contribution in [0.2, 0.25) is 0 Å². The molecule has 1 rings (SSSR count). The quantitative estimate of drug-likeness (QED) is 0.738. The van der Waals surface area contributed by atoms with Crippen molar-refractivity contribution in [1.82, 2.24) is 10.2 Å². The van der Waals surface area contributed by atoms with Crippen molar-refractivity contribution >= 4 is 5.91 Å². The van der Waals surface area contributed by atoms with E-state index in [9.17, 15) is 4.79 Å². The minimum absolute atomic E-state index is 0.250. The molecule has 0 aromatic rings. The van der Waals surface area contributed by atoms with Gasteiger partial charge >= 0.3 is 0 Å². The number of nitrogens with one attached hydrogen (secondary N) is 1. The Morgan fingerprint density at radius 2 is 2.12 bits per heavy atom. The van der Waals surface area contributed by atoms with Crippen molar-refractivity contribution in [3.05, 3.63) is 0 Å². The lowest BCUT2D eigenvalue weighted by Crippen LogP contribution is -2.42. The lowest BCUT2D eigenvalue weighted by Gasteiger charge is -2.27. The Morgan fingerprint density at radius 3 is 2.75 bits per heavy atom. The Balaban J connectivity index is 2.09. The maximum Gasteiger partial charge on any atom is 0.224 e. The molecule has 1 heterocycles. The molecular formula is C12H24N2O2. The molecule has 1 amide bonds. The molecule has 0 aliphatic carbocycles. The molecule has 0 saturated carbocycles. The monoisotopic (exact) mass is 228 g/mol. The van der Waals surface area contributed by atoms with Crippen molar-refractivity contribution in [3.8, 4) is 0 Å². The molecule has 4 nitrogen and oxygen atoms in total. The molecule has 94 valence electrons. The van der Waals surface area contributed by atoms with Crippen LogP contribution in [0.15, 0.2) is 0 Å². The minimum atomic E-state index is 0.250. The second kappa shape index (κ2) is 7.63. The third-order valence-corrected chi connectivity index (χ3v) is 2.92. The summed E-state index contributed by atoms with van der Waals surface area (Å²) >= 11 is 0. The van der Waals surface area contributed by atoms with E-state index >= 15 is 0 Å². The zero-order valence-electron chi connectivity index (χ0n) is 10.5. The van der Waals surface area contributed by atoms with Crippen molar-refractivity contribution in [2.24, 2.45) is 0 Å². The molecule has 16 heavy (non-hydrogen) atoms. The van der Waals surface area contributed by atoms with E-state index in [2.05, 4.69) is 19.2 Å². The van der Waals surface area contributed by atoms with E-state index in [1.807, 2.05) is 4.90 Å². The van der Waals surface area contributed by atoms with Gasteiger partial charge in [-0.1, -0.05) is 13.3 Å². The molecule has 1 aliphatic rings. The molecule has 0 aromatic heterocycles. The zero-order chi connectivity index (χ0) is 11.8. The highest BCUT2D eigenvalue weighted by Gasteiger charge is 2.16. The van der Waals surface area contributed by atoms with Crippen LogP contribution < -0.4 is 5.32 Å². The summed E-state index contributed by atoms with van der Waals surface area (Å²) in [6.45, 7) is 8.01. The smallest absolute Gasteiger partial charge is 0.224 e. The first kappa shape index (κ1) is 13.5. The predicted molar refractivity (Wildman–Crippen MR) is 64.4 cm³/mol. The lowest BCUT2D eigenvalue weighted by atomic mass is 10.2. The summed E-state index contributed by atoms with van der Waals surface area (Å²) in [6.07, 6.45) is 2.96. The van der Waals surface area contributed by atoms with E-state index in [0.29, 0.717) is 25.7 Å². The van der Waals surface area contributed by atoms with E-state index in [0.717, 1.165) is 19.6 Å². The number of carbonyl (C=O) groups is 1. The van der Waals surface area contributed by atoms with Crippen LogP contribution in [-0.4, -0.2) is 49.7 Å². The van der Waals surface area contributed by atoms with Gasteiger partial charge in [0.15, 0.2) is 0 Å². The summed E-state index contributed by atoms with van der Waals surface area (Å²) in [5.74, 6) is 0.250. The number of rotatable bonds is 6. The first-order valence-electron chi connectivity index (χ1n) is 6.33. The molecule has 0 bridgehead atoms. The highest BCUT2D eigenvalue weighted by atomic mass is 16.5. The standard InChI is InChI=1S/C12H24N2O2/c1-3-4-11(2)13-6-5-12(15)14-7-9-16-10-8-14/h11,13H,3-10H2,1-2H3. The Hall–Kier alpha value is -0.610. The maximum absolute atomic E-state index is 11.8. The van der Waals surface area contributed by atoms with Crippen molar-refractivity contribution in [2.45, 2.75) is 39.2 Å². The van der Waals surface area contributed by atoms with E-state index < -0.39 is 0 Å². The molecule has 1 atom stereocenters. The second-order valence-corrected chi connectivity index (χ2v) is 4.39. The number of hydrogen-bond donors (Lipinski definition) is 1. The van der Waals surface area contributed by atoms with Crippen LogP contribution in [0, 0.1) is 0 Å². The molecule has 1 aliphatic heterocycles. The number of ether oxygens (including phenoxy) is 1. The van der Waals surface area contributed by atoms with E-state index in [-0.39, 0.29) is 5.91 Å². The van der Waals surface area contributed by atoms with Crippen molar-refractivity contribution < 1.29 is 9.53 Å². The van der Waals surface area contributed by atoms with Gasteiger partial charge in [0.2, 0.25) is 5.91 Å². The molecule has 1 N–H and O–H groups in total. The Bertz CT molecular complexity index is 203. The van der Waals surface area contributed by atoms with Gasteiger partial charge in [-0.05, 0) is 13.3 Å². The second-order valence-electron chi connectivity index (χ2n) is 4.39. The Kier molecular flexibility index (Phi) is 6.42. The number of amides is 1. The SMILES string of the molecule is CCCC(C)NCCC(=O)N1CCOCC1. The van der Waals surface area contributed by atoms with Crippen LogP contribution in [0.5, 0.6) is 0 Å². The Labute approximate surface area is 98.3 Å². The molecule has 0 spiro atoms. The summed E-state index contributed by atoms with van der Waals surface area (Å²) in [5.41, 5.74) is 0.